The molecule has 8 atom stereocenters. The molecule has 0 bridgehead atoms. The van der Waals surface area contributed by atoms with Crippen molar-refractivity contribution in [1.29, 1.82) is 0 Å². The van der Waals surface area contributed by atoms with Crippen LogP contribution in [-0.4, -0.2) is 118 Å². The Morgan fingerprint density at radius 1 is 0.980 bits per heavy atom. The summed E-state index contributed by atoms with van der Waals surface area (Å²) >= 11 is 0. The third kappa shape index (κ3) is 12.1. The molecule has 0 aromatic rings. The molecule has 51 heavy (non-hydrogen) atoms. The molecule has 11 nitrogen and oxygen atoms in total. The van der Waals surface area contributed by atoms with Gasteiger partial charge in [-0.05, 0) is 77.9 Å². The molecule has 2 N–H and O–H groups in total. The number of hydrogen-bond donors (Lipinski definition) is 2. The van der Waals surface area contributed by atoms with Crippen molar-refractivity contribution in [3.8, 4) is 0 Å². The maximum atomic E-state index is 13.5. The first-order valence-electron chi connectivity index (χ1n) is 19.5. The Kier molecular flexibility index (Phi) is 15.4. The Balaban J connectivity index is 1.39. The number of aliphatic hydroxyl groups is 2. The number of ether oxygens (including phenoxy) is 3. The molecule has 288 valence electrons. The number of carbonyl (C=O) groups excluding carboxylic acids is 3. The van der Waals surface area contributed by atoms with Crippen molar-refractivity contribution in [3.63, 3.8) is 0 Å². The van der Waals surface area contributed by atoms with Gasteiger partial charge in [0.15, 0.2) is 6.10 Å². The number of rotatable bonds is 7. The third-order valence-corrected chi connectivity index (χ3v) is 11.3. The van der Waals surface area contributed by atoms with Gasteiger partial charge in [-0.3, -0.25) is 9.69 Å². The van der Waals surface area contributed by atoms with E-state index < -0.39 is 36.0 Å². The van der Waals surface area contributed by atoms with E-state index in [1.54, 1.807) is 17.9 Å². The lowest BCUT2D eigenvalue weighted by atomic mass is 9.89. The van der Waals surface area contributed by atoms with Crippen molar-refractivity contribution < 1.29 is 38.8 Å². The Hall–Kier alpha value is -2.89. The number of carbonyl (C=O) groups is 3. The van der Waals surface area contributed by atoms with Crippen molar-refractivity contribution >= 4 is 18.2 Å². The van der Waals surface area contributed by atoms with Gasteiger partial charge in [0, 0.05) is 56.1 Å². The van der Waals surface area contributed by atoms with E-state index in [1.807, 2.05) is 63.8 Å². The molecule has 0 aromatic heterocycles. The number of amides is 2. The zero-order valence-corrected chi connectivity index (χ0v) is 32.0. The lowest BCUT2D eigenvalue weighted by molar-refractivity contribution is -0.151. The van der Waals surface area contributed by atoms with Crippen LogP contribution in [0.3, 0.4) is 0 Å². The highest BCUT2D eigenvalue weighted by Crippen LogP contribution is 2.29. The summed E-state index contributed by atoms with van der Waals surface area (Å²) in [7, 11) is 0. The van der Waals surface area contributed by atoms with E-state index in [-0.39, 0.29) is 55.9 Å². The van der Waals surface area contributed by atoms with E-state index in [2.05, 4.69) is 4.90 Å². The third-order valence-electron chi connectivity index (χ3n) is 11.3. The summed E-state index contributed by atoms with van der Waals surface area (Å²) in [4.78, 5) is 45.0. The van der Waals surface area contributed by atoms with Crippen LogP contribution in [0.2, 0.25) is 0 Å². The summed E-state index contributed by atoms with van der Waals surface area (Å²) in [6, 6.07) is 0.948. The van der Waals surface area contributed by atoms with Crippen LogP contribution in [0.5, 0.6) is 0 Å². The first-order valence-corrected chi connectivity index (χ1v) is 19.5. The van der Waals surface area contributed by atoms with Gasteiger partial charge in [-0.1, -0.05) is 63.8 Å². The number of aliphatic hydroxyl groups excluding tert-OH is 1. The molecule has 3 aliphatic heterocycles. The average molecular weight is 716 g/mol. The minimum atomic E-state index is -1.47. The largest absolute Gasteiger partial charge is 0.457 e. The first kappa shape index (κ1) is 40.9. The van der Waals surface area contributed by atoms with Crippen molar-refractivity contribution in [2.75, 3.05) is 32.8 Å². The van der Waals surface area contributed by atoms with Crippen molar-refractivity contribution in [1.82, 2.24) is 14.7 Å². The summed E-state index contributed by atoms with van der Waals surface area (Å²) < 4.78 is 17.5. The van der Waals surface area contributed by atoms with Gasteiger partial charge in [-0.25, -0.2) is 9.59 Å². The molecule has 4 aliphatic rings. The fourth-order valence-electron chi connectivity index (χ4n) is 7.91. The fraction of sp³-hybridized carbons (Fsp3) is 0.775. The topological polar surface area (TPSA) is 129 Å². The van der Waals surface area contributed by atoms with E-state index in [0.29, 0.717) is 19.1 Å². The quantitative estimate of drug-likeness (QED) is 0.101. The van der Waals surface area contributed by atoms with Gasteiger partial charge >= 0.3 is 18.2 Å². The summed E-state index contributed by atoms with van der Waals surface area (Å²) in [5.74, 6) is -0.894. The van der Waals surface area contributed by atoms with Gasteiger partial charge in [0.05, 0.1) is 19.1 Å². The summed E-state index contributed by atoms with van der Waals surface area (Å²) in [5.41, 5.74) is -0.690. The predicted octanol–water partition coefficient (Wildman–Crippen LogP) is 6.38. The number of allylic oxidation sites excluding steroid dienone is 2. The van der Waals surface area contributed by atoms with Gasteiger partial charge in [-0.15, -0.1) is 0 Å². The Labute approximate surface area is 306 Å². The van der Waals surface area contributed by atoms with Gasteiger partial charge in [0.2, 0.25) is 0 Å². The van der Waals surface area contributed by atoms with Gasteiger partial charge < -0.3 is 34.2 Å². The number of nitrogens with zero attached hydrogens (tertiary/aromatic N) is 3. The predicted molar refractivity (Wildman–Crippen MR) is 197 cm³/mol. The standard InChI is InChI=1S/C40H65N3O8/c1-28(27-49-39(47)43-31(4)17-18-32(43)5)12-11-13-29(2)37-30(3)16-19-35(40(6,48)21-20-34(44)26-36(45)51-37)50-38(46)42-24-22-41(23-25-42)33-14-9-7-8-10-15-33/h11-13,16,19,28,30-35,37,44,48H,7-10,14-15,17-18,20-27H2,1-6H3/b12-11+,19-16+,29-13+/t28?,30-,31-,32-,34-,35-,37+,40-/m0/s1. The molecule has 4 rings (SSSR count). The molecular weight excluding hydrogens is 650 g/mol. The molecule has 1 saturated carbocycles. The van der Waals surface area contributed by atoms with Crippen molar-refractivity contribution in [3.05, 3.63) is 36.0 Å². The summed E-state index contributed by atoms with van der Waals surface area (Å²) in [6.07, 6.45) is 15.4. The molecule has 0 radical (unpaired) electrons. The van der Waals surface area contributed by atoms with E-state index >= 15 is 0 Å². The minimum absolute atomic E-state index is 0.0324. The number of piperazine rings is 1. The lowest BCUT2D eigenvalue weighted by Gasteiger charge is -2.40. The van der Waals surface area contributed by atoms with Gasteiger partial charge in [0.1, 0.15) is 11.7 Å². The zero-order chi connectivity index (χ0) is 37.1. The fourth-order valence-corrected chi connectivity index (χ4v) is 7.91. The van der Waals surface area contributed by atoms with E-state index in [1.165, 1.54) is 38.5 Å². The summed E-state index contributed by atoms with van der Waals surface area (Å²) in [6.45, 7) is 14.5. The Bertz CT molecular complexity index is 1220. The second-order valence-electron chi connectivity index (χ2n) is 15.9. The highest BCUT2D eigenvalue weighted by molar-refractivity contribution is 5.70. The number of cyclic esters (lactones) is 1. The molecule has 0 spiro atoms. The van der Waals surface area contributed by atoms with Crippen LogP contribution in [0.1, 0.15) is 112 Å². The van der Waals surface area contributed by atoms with Crippen LogP contribution >= 0.6 is 0 Å². The van der Waals surface area contributed by atoms with Crippen LogP contribution in [-0.2, 0) is 19.0 Å². The summed E-state index contributed by atoms with van der Waals surface area (Å²) in [5, 5.41) is 22.2. The normalized spacial score (nSPS) is 33.9. The van der Waals surface area contributed by atoms with Gasteiger partial charge in [-0.2, -0.15) is 0 Å². The van der Waals surface area contributed by atoms with Gasteiger partial charge in [0.25, 0.3) is 0 Å². The van der Waals surface area contributed by atoms with Crippen molar-refractivity contribution in [2.24, 2.45) is 11.8 Å². The number of esters is 1. The molecule has 2 amide bonds. The molecule has 1 aliphatic carbocycles. The minimum Gasteiger partial charge on any atom is -0.457 e. The maximum Gasteiger partial charge on any atom is 0.410 e. The van der Waals surface area contributed by atoms with Crippen molar-refractivity contribution in [2.45, 2.75) is 154 Å². The second kappa shape index (κ2) is 19.3. The van der Waals surface area contributed by atoms with Crippen LogP contribution in [0.25, 0.3) is 0 Å². The zero-order valence-electron chi connectivity index (χ0n) is 32.0. The lowest BCUT2D eigenvalue weighted by Crippen LogP contribution is -2.53. The van der Waals surface area contributed by atoms with E-state index in [0.717, 1.165) is 31.5 Å². The molecule has 11 heteroatoms. The second-order valence-corrected chi connectivity index (χ2v) is 15.9. The first-order chi connectivity index (χ1) is 24.2. The molecule has 2 saturated heterocycles. The van der Waals surface area contributed by atoms with E-state index in [9.17, 15) is 24.6 Å². The SMILES string of the molecule is C/C(=C\C=C\C(C)COC(=O)N1[C@@H](C)CC[C@@H]1C)[C@H]1OC(=O)C[C@@H](O)CC[C@](C)(O)[C@@H](OC(=O)N2CCN(C3CCCCCC3)CC2)/C=C/[C@@H]1C. The highest BCUT2D eigenvalue weighted by Gasteiger charge is 2.37. The molecule has 1 unspecified atom stereocenters. The average Bonchev–Trinajstić information content (AvgIpc) is 3.25. The number of hydrogen-bond acceptors (Lipinski definition) is 9. The van der Waals surface area contributed by atoms with Crippen LogP contribution < -0.4 is 0 Å². The molecule has 3 fully saturated rings. The highest BCUT2D eigenvalue weighted by atomic mass is 16.6. The maximum absolute atomic E-state index is 13.5. The van der Waals surface area contributed by atoms with E-state index in [4.69, 9.17) is 14.2 Å². The smallest absolute Gasteiger partial charge is 0.410 e. The Morgan fingerprint density at radius 3 is 2.27 bits per heavy atom. The van der Waals surface area contributed by atoms with Crippen LogP contribution in [0, 0.1) is 11.8 Å². The molecular formula is C40H65N3O8. The van der Waals surface area contributed by atoms with Crippen LogP contribution in [0.4, 0.5) is 9.59 Å². The van der Waals surface area contributed by atoms with Crippen LogP contribution in [0.15, 0.2) is 36.0 Å². The molecule has 0 aromatic carbocycles. The monoisotopic (exact) mass is 715 g/mol. The molecule has 3 heterocycles. The Morgan fingerprint density at radius 2 is 1.63 bits per heavy atom. The number of likely N-dealkylation sites (tertiary alicyclic amines) is 1.